The molecular weight excluding hydrogens is 526 g/mol. The Labute approximate surface area is 218 Å². The number of nitrogens with zero attached hydrogens (tertiary/aromatic N) is 3. The van der Waals surface area contributed by atoms with E-state index in [2.05, 4.69) is 41.5 Å². The minimum absolute atomic E-state index is 0.182. The lowest BCUT2D eigenvalue weighted by atomic mass is 10.1. The number of aromatic hydroxyl groups is 1. The van der Waals surface area contributed by atoms with Gasteiger partial charge in [0.1, 0.15) is 11.4 Å². The molecular formula is C26H30BrN5O4. The number of ether oxygens (including phenoxy) is 2. The Morgan fingerprint density at radius 3 is 2.31 bits per heavy atom. The summed E-state index contributed by atoms with van der Waals surface area (Å²) < 4.78 is 11.1. The summed E-state index contributed by atoms with van der Waals surface area (Å²) in [5.41, 5.74) is 1.32. The van der Waals surface area contributed by atoms with Gasteiger partial charge in [-0.05, 0) is 82.0 Å². The average molecular weight is 556 g/mol. The number of hydrogen-bond acceptors (Lipinski definition) is 9. The standard InChI is InChI=1S/C26H30BrN5O4/c1-25(2,3)36-21(33)17-5-9-19(10-6-17)28-22-29-23(31-24(34)30-22)32-26(13-14-26)18-7-11-20(12-8-18)35-16-4-15-27/h5-12H,4,13-16H2,1-3H3,(H3,28,29,30,31,32,34). The lowest BCUT2D eigenvalue weighted by Gasteiger charge is -2.19. The quantitative estimate of drug-likeness (QED) is 0.168. The van der Waals surface area contributed by atoms with E-state index in [1.54, 1.807) is 24.3 Å². The molecule has 2 aromatic carbocycles. The maximum absolute atomic E-state index is 12.2. The highest BCUT2D eigenvalue weighted by Crippen LogP contribution is 2.48. The second kappa shape index (κ2) is 10.7. The summed E-state index contributed by atoms with van der Waals surface area (Å²) in [5, 5.41) is 17.4. The van der Waals surface area contributed by atoms with Crippen molar-refractivity contribution in [3.05, 3.63) is 59.7 Å². The molecule has 36 heavy (non-hydrogen) atoms. The Hall–Kier alpha value is -3.40. The summed E-state index contributed by atoms with van der Waals surface area (Å²) >= 11 is 3.40. The number of aromatic nitrogens is 3. The van der Waals surface area contributed by atoms with Gasteiger partial charge in [0.2, 0.25) is 11.9 Å². The van der Waals surface area contributed by atoms with Crippen molar-refractivity contribution in [1.82, 2.24) is 15.0 Å². The Bertz CT molecular complexity index is 1190. The van der Waals surface area contributed by atoms with Gasteiger partial charge in [0.05, 0.1) is 17.7 Å². The zero-order valence-corrected chi connectivity index (χ0v) is 22.1. The Morgan fingerprint density at radius 2 is 1.69 bits per heavy atom. The molecule has 190 valence electrons. The summed E-state index contributed by atoms with van der Waals surface area (Å²) in [6.07, 6.45) is 2.77. The number of rotatable bonds is 10. The Balaban J connectivity index is 1.42. The van der Waals surface area contributed by atoms with Crippen molar-refractivity contribution in [2.45, 2.75) is 51.2 Å². The fourth-order valence-electron chi connectivity index (χ4n) is 3.57. The molecule has 1 aromatic heterocycles. The molecule has 0 saturated heterocycles. The van der Waals surface area contributed by atoms with Crippen molar-refractivity contribution in [2.75, 3.05) is 22.6 Å². The topological polar surface area (TPSA) is 118 Å². The minimum atomic E-state index is -0.568. The molecule has 3 aromatic rings. The fourth-order valence-corrected chi connectivity index (χ4v) is 3.80. The predicted molar refractivity (Wildman–Crippen MR) is 141 cm³/mol. The van der Waals surface area contributed by atoms with E-state index in [9.17, 15) is 9.90 Å². The van der Waals surface area contributed by atoms with Crippen LogP contribution in [0, 0.1) is 0 Å². The second-order valence-electron chi connectivity index (χ2n) is 9.61. The lowest BCUT2D eigenvalue weighted by Crippen LogP contribution is -2.23. The number of carbonyl (C=O) groups is 1. The van der Waals surface area contributed by atoms with E-state index in [1.165, 1.54) is 0 Å². The normalized spacial score (nSPS) is 14.1. The number of esters is 1. The van der Waals surface area contributed by atoms with Gasteiger partial charge in [-0.3, -0.25) is 0 Å². The first-order valence-corrected chi connectivity index (χ1v) is 12.9. The van der Waals surface area contributed by atoms with Crippen molar-refractivity contribution in [3.63, 3.8) is 0 Å². The fraction of sp³-hybridized carbons (Fsp3) is 0.385. The van der Waals surface area contributed by atoms with Crippen LogP contribution in [0.15, 0.2) is 48.5 Å². The molecule has 1 heterocycles. The number of anilines is 3. The first-order chi connectivity index (χ1) is 17.2. The summed E-state index contributed by atoms with van der Waals surface area (Å²) in [6.45, 7) is 6.13. The van der Waals surface area contributed by atoms with Crippen LogP contribution in [0.3, 0.4) is 0 Å². The smallest absolute Gasteiger partial charge is 0.338 e. The van der Waals surface area contributed by atoms with E-state index in [-0.39, 0.29) is 17.4 Å². The third-order valence-corrected chi connectivity index (χ3v) is 6.01. The average Bonchev–Trinajstić information content (AvgIpc) is 3.59. The number of nitrogens with one attached hydrogen (secondary N) is 2. The van der Waals surface area contributed by atoms with E-state index in [1.807, 2.05) is 45.0 Å². The van der Waals surface area contributed by atoms with Gasteiger partial charge >= 0.3 is 12.0 Å². The molecule has 10 heteroatoms. The highest BCUT2D eigenvalue weighted by Gasteiger charge is 2.45. The predicted octanol–water partition coefficient (Wildman–Crippen LogP) is 5.54. The van der Waals surface area contributed by atoms with Crippen LogP contribution in [0.25, 0.3) is 0 Å². The van der Waals surface area contributed by atoms with Gasteiger partial charge in [-0.25, -0.2) is 4.79 Å². The summed E-state index contributed by atoms with van der Waals surface area (Å²) in [4.78, 5) is 24.7. The second-order valence-corrected chi connectivity index (χ2v) is 10.4. The van der Waals surface area contributed by atoms with Gasteiger partial charge in [-0.1, -0.05) is 28.1 Å². The van der Waals surface area contributed by atoms with Crippen molar-refractivity contribution >= 4 is 39.5 Å². The lowest BCUT2D eigenvalue weighted by molar-refractivity contribution is 0.00695. The van der Waals surface area contributed by atoms with Gasteiger partial charge in [-0.2, -0.15) is 15.0 Å². The van der Waals surface area contributed by atoms with Crippen molar-refractivity contribution < 1.29 is 19.4 Å². The van der Waals surface area contributed by atoms with Crippen molar-refractivity contribution in [1.29, 1.82) is 0 Å². The summed E-state index contributed by atoms with van der Waals surface area (Å²) in [6, 6.07) is 14.4. The molecule has 0 bridgehead atoms. The van der Waals surface area contributed by atoms with Crippen LogP contribution < -0.4 is 15.4 Å². The van der Waals surface area contributed by atoms with Gasteiger partial charge < -0.3 is 25.2 Å². The molecule has 0 atom stereocenters. The van der Waals surface area contributed by atoms with E-state index in [0.717, 1.165) is 35.9 Å². The number of hydrogen-bond donors (Lipinski definition) is 3. The first kappa shape index (κ1) is 25.7. The zero-order chi connectivity index (χ0) is 25.8. The molecule has 1 aliphatic carbocycles. The highest BCUT2D eigenvalue weighted by molar-refractivity contribution is 9.09. The first-order valence-electron chi connectivity index (χ1n) is 11.8. The maximum atomic E-state index is 12.2. The highest BCUT2D eigenvalue weighted by atomic mass is 79.9. The van der Waals surface area contributed by atoms with Crippen LogP contribution in [-0.2, 0) is 10.3 Å². The van der Waals surface area contributed by atoms with Crippen LogP contribution in [0.5, 0.6) is 11.8 Å². The summed E-state index contributed by atoms with van der Waals surface area (Å²) in [5.74, 6) is 0.885. The molecule has 9 nitrogen and oxygen atoms in total. The van der Waals surface area contributed by atoms with Crippen LogP contribution in [0.1, 0.15) is 56.0 Å². The molecule has 0 amide bonds. The Morgan fingerprint density at radius 1 is 1.03 bits per heavy atom. The number of halogens is 1. The van der Waals surface area contributed by atoms with Crippen LogP contribution in [0.2, 0.25) is 0 Å². The zero-order valence-electron chi connectivity index (χ0n) is 20.5. The number of carbonyl (C=O) groups excluding carboxylic acids is 1. The largest absolute Gasteiger partial charge is 0.494 e. The molecule has 1 aliphatic rings. The van der Waals surface area contributed by atoms with E-state index >= 15 is 0 Å². The van der Waals surface area contributed by atoms with Gasteiger partial charge in [-0.15, -0.1) is 0 Å². The molecule has 1 fully saturated rings. The van der Waals surface area contributed by atoms with E-state index < -0.39 is 17.6 Å². The van der Waals surface area contributed by atoms with Crippen LogP contribution >= 0.6 is 15.9 Å². The molecule has 0 radical (unpaired) electrons. The number of benzene rings is 2. The van der Waals surface area contributed by atoms with E-state index in [4.69, 9.17) is 9.47 Å². The third-order valence-electron chi connectivity index (χ3n) is 5.45. The molecule has 1 saturated carbocycles. The maximum Gasteiger partial charge on any atom is 0.338 e. The molecule has 0 unspecified atom stereocenters. The molecule has 0 spiro atoms. The Kier molecular flexibility index (Phi) is 7.63. The van der Waals surface area contributed by atoms with Crippen molar-refractivity contribution in [3.8, 4) is 11.8 Å². The number of alkyl halides is 1. The summed E-state index contributed by atoms with van der Waals surface area (Å²) in [7, 11) is 0. The van der Waals surface area contributed by atoms with E-state index in [0.29, 0.717) is 17.9 Å². The minimum Gasteiger partial charge on any atom is -0.494 e. The third kappa shape index (κ3) is 6.84. The van der Waals surface area contributed by atoms with Crippen molar-refractivity contribution in [2.24, 2.45) is 0 Å². The van der Waals surface area contributed by atoms with Crippen LogP contribution in [0.4, 0.5) is 17.6 Å². The molecule has 0 aliphatic heterocycles. The molecule has 4 rings (SSSR count). The van der Waals surface area contributed by atoms with Crippen LogP contribution in [-0.4, -0.2) is 43.6 Å². The SMILES string of the molecule is CC(C)(C)OC(=O)c1ccc(Nc2nc(O)nc(NC3(c4ccc(OCCCBr)cc4)CC3)n2)cc1. The molecule has 3 N–H and O–H groups in total. The van der Waals surface area contributed by atoms with Gasteiger partial charge in [0.15, 0.2) is 0 Å². The van der Waals surface area contributed by atoms with Gasteiger partial charge in [0.25, 0.3) is 0 Å². The monoisotopic (exact) mass is 555 g/mol. The van der Waals surface area contributed by atoms with Gasteiger partial charge in [0, 0.05) is 11.0 Å².